The van der Waals surface area contributed by atoms with E-state index in [1.54, 1.807) is 6.08 Å². The third-order valence-corrected chi connectivity index (χ3v) is 4.49. The monoisotopic (exact) mass is 418 g/mol. The number of allylic oxidation sites excluding steroid dienone is 1. The normalized spacial score (nSPS) is 14.5. The van der Waals surface area contributed by atoms with Gasteiger partial charge in [0.1, 0.15) is 5.82 Å². The van der Waals surface area contributed by atoms with Crippen LogP contribution in [0.1, 0.15) is 30.1 Å². The van der Waals surface area contributed by atoms with E-state index in [-0.39, 0.29) is 37.4 Å². The van der Waals surface area contributed by atoms with E-state index in [4.69, 9.17) is 0 Å². The van der Waals surface area contributed by atoms with Gasteiger partial charge in [0.05, 0.1) is 6.54 Å². The van der Waals surface area contributed by atoms with Crippen LogP contribution in [0.5, 0.6) is 0 Å². The highest BCUT2D eigenvalue weighted by molar-refractivity contribution is 5.87. The van der Waals surface area contributed by atoms with Crippen molar-refractivity contribution in [2.24, 2.45) is 0 Å². The maximum atomic E-state index is 13.5. The predicted molar refractivity (Wildman–Crippen MR) is 88.8 cm³/mol. The van der Waals surface area contributed by atoms with Gasteiger partial charge in [0, 0.05) is 19.2 Å². The smallest absolute Gasteiger partial charge is 0.330 e. The van der Waals surface area contributed by atoms with Crippen molar-refractivity contribution in [2.45, 2.75) is 38.5 Å². The molecule has 0 fully saturated rings. The molecule has 0 bridgehead atoms. The molecule has 0 radical (unpaired) electrons. The van der Waals surface area contributed by atoms with Crippen molar-refractivity contribution in [1.29, 1.82) is 0 Å². The van der Waals surface area contributed by atoms with E-state index in [0.29, 0.717) is 18.9 Å². The van der Waals surface area contributed by atoms with Crippen molar-refractivity contribution in [1.82, 2.24) is 19.7 Å². The Morgan fingerprint density at radius 1 is 1.07 bits per heavy atom. The lowest BCUT2D eigenvalue weighted by Gasteiger charge is -2.27. The van der Waals surface area contributed by atoms with Crippen molar-refractivity contribution >= 4 is 5.91 Å². The van der Waals surface area contributed by atoms with Gasteiger partial charge in [0.25, 0.3) is 0 Å². The number of rotatable bonds is 5. The highest BCUT2D eigenvalue weighted by Crippen LogP contribution is 2.29. The summed E-state index contributed by atoms with van der Waals surface area (Å²) in [6.45, 7) is -0.0736. The number of amides is 1. The quantitative estimate of drug-likeness (QED) is 0.323. The van der Waals surface area contributed by atoms with E-state index in [1.165, 1.54) is 11.0 Å². The van der Waals surface area contributed by atoms with Crippen LogP contribution in [0.2, 0.25) is 0 Å². The first kappa shape index (κ1) is 20.9. The SMILES string of the molecule is O=C(/C=C/CCCc1cc(F)c(F)cc1F)N1CCn2c(nnc2C(F)(F)F)C1. The third-order valence-electron chi connectivity index (χ3n) is 4.49. The molecular formula is C18H16F6N4O. The van der Waals surface area contributed by atoms with E-state index < -0.39 is 35.4 Å². The second-order valence-corrected chi connectivity index (χ2v) is 6.50. The highest BCUT2D eigenvalue weighted by atomic mass is 19.4. The van der Waals surface area contributed by atoms with Crippen LogP contribution in [-0.4, -0.2) is 32.1 Å². The Bertz CT molecular complexity index is 937. The molecule has 0 N–H and O–H groups in total. The summed E-state index contributed by atoms with van der Waals surface area (Å²) in [7, 11) is 0. The standard InChI is InChI=1S/C18H16F6N4O/c19-12-9-14(21)13(20)8-11(12)4-2-1-3-5-16(29)27-6-7-28-15(10-27)25-26-17(28)18(22,23)24/h3,5,8-9H,1-2,4,6-7,10H2/b5-3+. The van der Waals surface area contributed by atoms with Crippen LogP contribution in [0.15, 0.2) is 24.3 Å². The number of unbranched alkanes of at least 4 members (excludes halogenated alkanes) is 1. The van der Waals surface area contributed by atoms with Crippen molar-refractivity contribution in [3.63, 3.8) is 0 Å². The van der Waals surface area contributed by atoms with Crippen molar-refractivity contribution in [3.05, 3.63) is 58.9 Å². The number of halogens is 6. The number of carbonyl (C=O) groups excluding carboxylic acids is 1. The molecule has 11 heteroatoms. The van der Waals surface area contributed by atoms with Gasteiger partial charge in [-0.1, -0.05) is 6.08 Å². The van der Waals surface area contributed by atoms with Crippen molar-refractivity contribution in [2.75, 3.05) is 6.54 Å². The molecule has 3 rings (SSSR count). The molecule has 5 nitrogen and oxygen atoms in total. The molecule has 0 spiro atoms. The molecule has 1 aliphatic heterocycles. The average molecular weight is 418 g/mol. The summed E-state index contributed by atoms with van der Waals surface area (Å²) in [6.07, 6.45) is -0.848. The second-order valence-electron chi connectivity index (χ2n) is 6.50. The lowest BCUT2D eigenvalue weighted by molar-refractivity contribution is -0.148. The molecule has 2 aromatic rings. The van der Waals surface area contributed by atoms with Gasteiger partial charge < -0.3 is 9.47 Å². The van der Waals surface area contributed by atoms with E-state index in [0.717, 1.165) is 10.6 Å². The fourth-order valence-corrected chi connectivity index (χ4v) is 3.01. The van der Waals surface area contributed by atoms with Crippen LogP contribution in [-0.2, 0) is 30.5 Å². The van der Waals surface area contributed by atoms with Gasteiger partial charge in [-0.25, -0.2) is 13.2 Å². The zero-order chi connectivity index (χ0) is 21.2. The molecule has 1 aromatic heterocycles. The molecule has 0 saturated carbocycles. The topological polar surface area (TPSA) is 51.0 Å². The Morgan fingerprint density at radius 2 is 1.79 bits per heavy atom. The molecule has 29 heavy (non-hydrogen) atoms. The summed E-state index contributed by atoms with van der Waals surface area (Å²) in [5.41, 5.74) is 0.0412. The van der Waals surface area contributed by atoms with Gasteiger partial charge in [-0.05, 0) is 37.0 Å². The summed E-state index contributed by atoms with van der Waals surface area (Å²) < 4.78 is 79.0. The van der Waals surface area contributed by atoms with E-state index in [2.05, 4.69) is 10.2 Å². The maximum absolute atomic E-state index is 13.5. The zero-order valence-electron chi connectivity index (χ0n) is 15.0. The van der Waals surface area contributed by atoms with Gasteiger partial charge in [-0.2, -0.15) is 13.2 Å². The van der Waals surface area contributed by atoms with Crippen molar-refractivity contribution in [3.8, 4) is 0 Å². The first-order valence-corrected chi connectivity index (χ1v) is 8.75. The van der Waals surface area contributed by atoms with Crippen LogP contribution < -0.4 is 0 Å². The number of fused-ring (bicyclic) bond motifs is 1. The van der Waals surface area contributed by atoms with Crippen LogP contribution in [0, 0.1) is 17.5 Å². The Hall–Kier alpha value is -2.85. The summed E-state index contributed by atoms with van der Waals surface area (Å²) in [5.74, 6) is -4.64. The lowest BCUT2D eigenvalue weighted by atomic mass is 10.1. The molecule has 2 heterocycles. The number of aromatic nitrogens is 3. The fraction of sp³-hybridized carbons (Fsp3) is 0.389. The molecule has 156 valence electrons. The Labute approximate surface area is 161 Å². The molecule has 0 aliphatic carbocycles. The number of hydrogen-bond donors (Lipinski definition) is 0. The number of benzene rings is 1. The highest BCUT2D eigenvalue weighted by Gasteiger charge is 2.39. The third kappa shape index (κ3) is 4.77. The van der Waals surface area contributed by atoms with E-state index >= 15 is 0 Å². The van der Waals surface area contributed by atoms with Gasteiger partial charge in [0.2, 0.25) is 11.7 Å². The summed E-state index contributed by atoms with van der Waals surface area (Å²) in [5, 5.41) is 6.65. The number of alkyl halides is 3. The van der Waals surface area contributed by atoms with E-state index in [9.17, 15) is 31.1 Å². The summed E-state index contributed by atoms with van der Waals surface area (Å²) >= 11 is 0. The fourth-order valence-electron chi connectivity index (χ4n) is 3.01. The Morgan fingerprint density at radius 3 is 2.52 bits per heavy atom. The number of hydrogen-bond acceptors (Lipinski definition) is 3. The Balaban J connectivity index is 1.50. The Kier molecular flexibility index (Phi) is 5.94. The number of nitrogens with zero attached hydrogens (tertiary/aromatic N) is 4. The minimum atomic E-state index is -4.61. The molecule has 0 saturated heterocycles. The summed E-state index contributed by atoms with van der Waals surface area (Å²) in [4.78, 5) is 13.5. The molecule has 1 amide bonds. The predicted octanol–water partition coefficient (Wildman–Crippen LogP) is 3.64. The number of carbonyl (C=O) groups is 1. The van der Waals surface area contributed by atoms with Gasteiger partial charge in [0.15, 0.2) is 17.5 Å². The molecule has 1 aromatic carbocycles. The minimum Gasteiger partial charge on any atom is -0.330 e. The first-order chi connectivity index (χ1) is 13.7. The summed E-state index contributed by atoms with van der Waals surface area (Å²) in [6, 6.07) is 1.29. The zero-order valence-corrected chi connectivity index (χ0v) is 15.0. The van der Waals surface area contributed by atoms with Gasteiger partial charge in [-0.3, -0.25) is 4.79 Å². The maximum Gasteiger partial charge on any atom is 0.451 e. The van der Waals surface area contributed by atoms with Crippen LogP contribution in [0.4, 0.5) is 26.3 Å². The lowest BCUT2D eigenvalue weighted by Crippen LogP contribution is -2.38. The molecule has 0 atom stereocenters. The number of aryl methyl sites for hydroxylation is 1. The van der Waals surface area contributed by atoms with E-state index in [1.807, 2.05) is 0 Å². The minimum absolute atomic E-state index is 0.0412. The van der Waals surface area contributed by atoms with Gasteiger partial charge >= 0.3 is 6.18 Å². The largest absolute Gasteiger partial charge is 0.451 e. The van der Waals surface area contributed by atoms with Crippen LogP contribution in [0.3, 0.4) is 0 Å². The first-order valence-electron chi connectivity index (χ1n) is 8.75. The van der Waals surface area contributed by atoms with Gasteiger partial charge in [-0.15, -0.1) is 10.2 Å². The van der Waals surface area contributed by atoms with Crippen LogP contribution >= 0.6 is 0 Å². The second kappa shape index (κ2) is 8.26. The molecule has 0 unspecified atom stereocenters. The van der Waals surface area contributed by atoms with Crippen molar-refractivity contribution < 1.29 is 31.1 Å². The molecule has 1 aliphatic rings. The average Bonchev–Trinajstić information content (AvgIpc) is 3.08. The molecular weight excluding hydrogens is 402 g/mol. The van der Waals surface area contributed by atoms with Crippen LogP contribution in [0.25, 0.3) is 0 Å².